The van der Waals surface area contributed by atoms with Crippen LogP contribution in [0.15, 0.2) is 29.3 Å². The minimum Gasteiger partial charge on any atom is -0.444 e. The number of nitrogens with one attached hydrogen (secondary N) is 3. The van der Waals surface area contributed by atoms with Crippen molar-refractivity contribution < 1.29 is 14.3 Å². The number of hydrogen-bond acceptors (Lipinski definition) is 4. The van der Waals surface area contributed by atoms with E-state index in [0.29, 0.717) is 5.41 Å². The maximum Gasteiger partial charge on any atom is 0.412 e. The lowest BCUT2D eigenvalue weighted by Crippen LogP contribution is -2.41. The number of halogens is 1. The van der Waals surface area contributed by atoms with Crippen LogP contribution < -0.4 is 16.0 Å². The van der Waals surface area contributed by atoms with Gasteiger partial charge in [0.2, 0.25) is 0 Å². The molecule has 0 heterocycles. The molecular formula is C23H39IN4O3. The molecule has 1 saturated carbocycles. The van der Waals surface area contributed by atoms with Crippen LogP contribution in [0.1, 0.15) is 52.5 Å². The summed E-state index contributed by atoms with van der Waals surface area (Å²) in [6, 6.07) is 7.80. The van der Waals surface area contributed by atoms with E-state index in [9.17, 15) is 4.79 Å². The zero-order valence-electron chi connectivity index (χ0n) is 19.5. The number of aliphatic imine (C=N–C) groups is 1. The molecule has 7 nitrogen and oxygen atoms in total. The SMILES string of the molecule is CCOCCC1(CNC(=NC)NCCc2ccc(NC(=O)OC(C)(C)C)cc2)CC1.I. The molecule has 31 heavy (non-hydrogen) atoms. The summed E-state index contributed by atoms with van der Waals surface area (Å²) in [5.41, 5.74) is 1.78. The summed E-state index contributed by atoms with van der Waals surface area (Å²) in [4.78, 5) is 16.2. The maximum absolute atomic E-state index is 11.8. The Balaban J connectivity index is 0.00000480. The Kier molecular flexibility index (Phi) is 11.6. The van der Waals surface area contributed by atoms with Gasteiger partial charge in [-0.3, -0.25) is 10.3 Å². The highest BCUT2D eigenvalue weighted by molar-refractivity contribution is 14.0. The number of hydrogen-bond donors (Lipinski definition) is 3. The molecular weight excluding hydrogens is 507 g/mol. The molecule has 0 atom stereocenters. The monoisotopic (exact) mass is 546 g/mol. The van der Waals surface area contributed by atoms with Crippen molar-refractivity contribution in [1.82, 2.24) is 10.6 Å². The average molecular weight is 546 g/mol. The molecule has 0 aromatic heterocycles. The first-order valence-corrected chi connectivity index (χ1v) is 10.9. The molecule has 2 rings (SSSR count). The number of ether oxygens (including phenoxy) is 2. The van der Waals surface area contributed by atoms with E-state index in [4.69, 9.17) is 9.47 Å². The van der Waals surface area contributed by atoms with Crippen molar-refractivity contribution in [2.45, 2.75) is 59.0 Å². The lowest BCUT2D eigenvalue weighted by molar-refractivity contribution is 0.0636. The van der Waals surface area contributed by atoms with Crippen molar-refractivity contribution in [3.8, 4) is 0 Å². The second-order valence-corrected chi connectivity index (χ2v) is 8.87. The quantitative estimate of drug-likeness (QED) is 0.173. The van der Waals surface area contributed by atoms with Gasteiger partial charge in [-0.2, -0.15) is 0 Å². The van der Waals surface area contributed by atoms with Crippen molar-refractivity contribution in [2.24, 2.45) is 10.4 Å². The van der Waals surface area contributed by atoms with Gasteiger partial charge < -0.3 is 20.1 Å². The number of carbonyl (C=O) groups is 1. The van der Waals surface area contributed by atoms with Crippen LogP contribution in [0.3, 0.4) is 0 Å². The fourth-order valence-corrected chi connectivity index (χ4v) is 3.12. The molecule has 1 aliphatic carbocycles. The lowest BCUT2D eigenvalue weighted by Gasteiger charge is -2.19. The van der Waals surface area contributed by atoms with Gasteiger partial charge in [0.15, 0.2) is 5.96 Å². The van der Waals surface area contributed by atoms with Crippen molar-refractivity contribution in [3.63, 3.8) is 0 Å². The molecule has 8 heteroatoms. The Bertz CT molecular complexity index is 698. The highest BCUT2D eigenvalue weighted by Crippen LogP contribution is 2.48. The Morgan fingerprint density at radius 1 is 1.16 bits per heavy atom. The summed E-state index contributed by atoms with van der Waals surface area (Å²) < 4.78 is 10.8. The van der Waals surface area contributed by atoms with Gasteiger partial charge in [0.25, 0.3) is 0 Å². The van der Waals surface area contributed by atoms with E-state index in [1.807, 2.05) is 52.0 Å². The third-order valence-electron chi connectivity index (χ3n) is 5.10. The first-order valence-electron chi connectivity index (χ1n) is 10.9. The first kappa shape index (κ1) is 27.5. The predicted octanol–water partition coefficient (Wildman–Crippen LogP) is 4.57. The molecule has 0 bridgehead atoms. The molecule has 3 N–H and O–H groups in total. The molecule has 0 saturated heterocycles. The summed E-state index contributed by atoms with van der Waals surface area (Å²) in [5.74, 6) is 0.834. The highest BCUT2D eigenvalue weighted by atomic mass is 127. The zero-order valence-corrected chi connectivity index (χ0v) is 21.9. The topological polar surface area (TPSA) is 84.0 Å². The van der Waals surface area contributed by atoms with Gasteiger partial charge in [0.1, 0.15) is 5.60 Å². The second-order valence-electron chi connectivity index (χ2n) is 8.87. The van der Waals surface area contributed by atoms with Gasteiger partial charge in [0.05, 0.1) is 0 Å². The van der Waals surface area contributed by atoms with Gasteiger partial charge in [-0.25, -0.2) is 4.79 Å². The number of rotatable bonds is 10. The number of amides is 1. The Morgan fingerprint density at radius 2 is 1.84 bits per heavy atom. The normalized spacial score (nSPS) is 14.9. The molecule has 0 aliphatic heterocycles. The fourth-order valence-electron chi connectivity index (χ4n) is 3.12. The van der Waals surface area contributed by atoms with Gasteiger partial charge in [-0.05, 0) is 76.5 Å². The second kappa shape index (κ2) is 13.1. The fraction of sp³-hybridized carbons (Fsp3) is 0.652. The molecule has 176 valence electrons. The molecule has 1 aromatic rings. The minimum absolute atomic E-state index is 0. The van der Waals surface area contributed by atoms with Crippen LogP contribution in [-0.2, 0) is 15.9 Å². The molecule has 1 amide bonds. The smallest absolute Gasteiger partial charge is 0.412 e. The number of nitrogens with zero attached hydrogens (tertiary/aromatic N) is 1. The van der Waals surface area contributed by atoms with E-state index >= 15 is 0 Å². The van der Waals surface area contributed by atoms with E-state index in [0.717, 1.165) is 50.8 Å². The van der Waals surface area contributed by atoms with Crippen LogP contribution in [0.2, 0.25) is 0 Å². The maximum atomic E-state index is 11.8. The van der Waals surface area contributed by atoms with Crippen molar-refractivity contribution in [1.29, 1.82) is 0 Å². The van der Waals surface area contributed by atoms with Gasteiger partial charge in [0, 0.05) is 39.0 Å². The van der Waals surface area contributed by atoms with E-state index in [1.54, 1.807) is 7.05 Å². The van der Waals surface area contributed by atoms with Gasteiger partial charge in [-0.15, -0.1) is 24.0 Å². The van der Waals surface area contributed by atoms with E-state index in [1.165, 1.54) is 18.4 Å². The predicted molar refractivity (Wildman–Crippen MR) is 138 cm³/mol. The number of benzene rings is 1. The molecule has 1 fully saturated rings. The largest absolute Gasteiger partial charge is 0.444 e. The standard InChI is InChI=1S/C23H38N4O3.HI/c1-6-29-16-14-23(12-13-23)17-26-20(24-5)25-15-11-18-7-9-19(10-8-18)27-21(28)30-22(2,3)4;/h7-10H,6,11-17H2,1-5H3,(H,27,28)(H2,24,25,26);1H. The zero-order chi connectivity index (χ0) is 22.0. The Labute approximate surface area is 204 Å². The van der Waals surface area contributed by atoms with Crippen molar-refractivity contribution in [2.75, 3.05) is 38.7 Å². The number of anilines is 1. The summed E-state index contributed by atoms with van der Waals surface area (Å²) in [6.45, 7) is 10.9. The highest BCUT2D eigenvalue weighted by Gasteiger charge is 2.41. The van der Waals surface area contributed by atoms with Crippen LogP contribution in [0.5, 0.6) is 0 Å². The van der Waals surface area contributed by atoms with Crippen LogP contribution >= 0.6 is 24.0 Å². The van der Waals surface area contributed by atoms with Crippen LogP contribution in [0.25, 0.3) is 0 Å². The lowest BCUT2D eigenvalue weighted by atomic mass is 10.0. The first-order chi connectivity index (χ1) is 14.3. The summed E-state index contributed by atoms with van der Waals surface area (Å²) in [7, 11) is 1.80. The van der Waals surface area contributed by atoms with E-state index in [2.05, 4.69) is 20.9 Å². The van der Waals surface area contributed by atoms with Crippen LogP contribution in [0, 0.1) is 5.41 Å². The summed E-state index contributed by atoms with van der Waals surface area (Å²) in [5, 5.41) is 9.58. The number of carbonyl (C=O) groups excluding carboxylic acids is 1. The average Bonchev–Trinajstić information content (AvgIpc) is 3.44. The number of guanidine groups is 1. The summed E-state index contributed by atoms with van der Waals surface area (Å²) in [6.07, 6.45) is 4.04. The molecule has 0 spiro atoms. The minimum atomic E-state index is -0.509. The molecule has 1 aromatic carbocycles. The molecule has 1 aliphatic rings. The van der Waals surface area contributed by atoms with E-state index in [-0.39, 0.29) is 24.0 Å². The molecule has 0 radical (unpaired) electrons. The summed E-state index contributed by atoms with van der Waals surface area (Å²) >= 11 is 0. The van der Waals surface area contributed by atoms with Gasteiger partial charge in [-0.1, -0.05) is 12.1 Å². The van der Waals surface area contributed by atoms with Crippen LogP contribution in [-0.4, -0.2) is 51.0 Å². The van der Waals surface area contributed by atoms with Gasteiger partial charge >= 0.3 is 6.09 Å². The van der Waals surface area contributed by atoms with Crippen molar-refractivity contribution >= 4 is 41.7 Å². The van der Waals surface area contributed by atoms with Crippen molar-refractivity contribution in [3.05, 3.63) is 29.8 Å². The Hall–Kier alpha value is -1.55. The third-order valence-corrected chi connectivity index (χ3v) is 5.10. The Morgan fingerprint density at radius 3 is 2.39 bits per heavy atom. The third kappa shape index (κ3) is 11.0. The van der Waals surface area contributed by atoms with Crippen LogP contribution in [0.4, 0.5) is 10.5 Å². The molecule has 0 unspecified atom stereocenters. The van der Waals surface area contributed by atoms with E-state index < -0.39 is 11.7 Å².